The molecule has 1 atom stereocenters. The number of carboxylic acids is 1. The Morgan fingerprint density at radius 2 is 2.46 bits per heavy atom. The molecular formula is C9H8BrNO2. The normalized spacial score (nSPS) is 19.9. The Hall–Kier alpha value is -0.900. The van der Waals surface area contributed by atoms with Gasteiger partial charge in [-0.3, -0.25) is 9.78 Å². The van der Waals surface area contributed by atoms with Crippen LogP contribution >= 0.6 is 15.9 Å². The number of hydrogen-bond donors (Lipinski definition) is 1. The van der Waals surface area contributed by atoms with Crippen LogP contribution in [0.15, 0.2) is 16.7 Å². The number of fused-ring (bicyclic) bond motifs is 1. The van der Waals surface area contributed by atoms with Gasteiger partial charge in [-0.25, -0.2) is 0 Å². The molecule has 1 aromatic rings. The molecule has 2 rings (SSSR count). The fraction of sp³-hybridized carbons (Fsp3) is 0.333. The summed E-state index contributed by atoms with van der Waals surface area (Å²) in [5, 5.41) is 8.88. The molecule has 1 aliphatic carbocycles. The van der Waals surface area contributed by atoms with E-state index >= 15 is 0 Å². The summed E-state index contributed by atoms with van der Waals surface area (Å²) in [6.45, 7) is 0. The molecule has 0 saturated heterocycles. The number of nitrogens with zero attached hydrogens (tertiary/aromatic N) is 1. The van der Waals surface area contributed by atoms with Gasteiger partial charge >= 0.3 is 5.97 Å². The highest BCUT2D eigenvalue weighted by Gasteiger charge is 2.29. The van der Waals surface area contributed by atoms with Crippen LogP contribution in [0, 0.1) is 0 Å². The maximum atomic E-state index is 10.8. The lowest BCUT2D eigenvalue weighted by Crippen LogP contribution is -2.09. The van der Waals surface area contributed by atoms with Gasteiger partial charge in [0, 0.05) is 10.7 Å². The van der Waals surface area contributed by atoms with Gasteiger partial charge in [-0.1, -0.05) is 0 Å². The number of carboxylic acid groups (broad SMARTS) is 1. The van der Waals surface area contributed by atoms with Crippen LogP contribution in [-0.2, 0) is 11.2 Å². The van der Waals surface area contributed by atoms with Gasteiger partial charge in [0.2, 0.25) is 0 Å². The molecule has 3 nitrogen and oxygen atoms in total. The van der Waals surface area contributed by atoms with Gasteiger partial charge < -0.3 is 5.11 Å². The number of aliphatic carboxylic acids is 1. The van der Waals surface area contributed by atoms with Crippen LogP contribution in [0.1, 0.15) is 23.6 Å². The summed E-state index contributed by atoms with van der Waals surface area (Å²) in [7, 11) is 0. The molecule has 1 N–H and O–H groups in total. The number of carbonyl (C=O) groups is 1. The number of aryl methyl sites for hydroxylation is 1. The van der Waals surface area contributed by atoms with Crippen molar-refractivity contribution in [2.75, 3.05) is 0 Å². The molecular weight excluding hydrogens is 234 g/mol. The van der Waals surface area contributed by atoms with Gasteiger partial charge in [-0.2, -0.15) is 0 Å². The van der Waals surface area contributed by atoms with Crippen LogP contribution in [-0.4, -0.2) is 16.1 Å². The van der Waals surface area contributed by atoms with E-state index in [1.165, 1.54) is 0 Å². The molecule has 13 heavy (non-hydrogen) atoms. The van der Waals surface area contributed by atoms with Crippen molar-refractivity contribution in [2.24, 2.45) is 0 Å². The number of aromatic nitrogens is 1. The summed E-state index contributed by atoms with van der Waals surface area (Å²) in [6.07, 6.45) is 3.15. The Kier molecular flexibility index (Phi) is 2.07. The summed E-state index contributed by atoms with van der Waals surface area (Å²) in [5.41, 5.74) is 1.79. The molecule has 0 fully saturated rings. The summed E-state index contributed by atoms with van der Waals surface area (Å²) >= 11 is 3.31. The summed E-state index contributed by atoms with van der Waals surface area (Å²) in [6, 6.07) is 1.95. The van der Waals surface area contributed by atoms with Crippen molar-refractivity contribution in [3.05, 3.63) is 28.0 Å². The first-order valence-electron chi connectivity index (χ1n) is 4.05. The quantitative estimate of drug-likeness (QED) is 0.818. The smallest absolute Gasteiger partial charge is 0.312 e. The summed E-state index contributed by atoms with van der Waals surface area (Å²) in [4.78, 5) is 14.9. The number of halogens is 1. The lowest BCUT2D eigenvalue weighted by atomic mass is 10.1. The van der Waals surface area contributed by atoms with Crippen LogP contribution < -0.4 is 0 Å². The van der Waals surface area contributed by atoms with Gasteiger partial charge in [0.05, 0.1) is 11.6 Å². The first-order valence-corrected chi connectivity index (χ1v) is 4.85. The van der Waals surface area contributed by atoms with Crippen molar-refractivity contribution in [2.45, 2.75) is 18.8 Å². The molecule has 0 bridgehead atoms. The lowest BCUT2D eigenvalue weighted by Gasteiger charge is -2.03. The third kappa shape index (κ3) is 1.46. The van der Waals surface area contributed by atoms with Gasteiger partial charge in [-0.15, -0.1) is 0 Å². The Bertz CT molecular complexity index is 365. The minimum atomic E-state index is -0.770. The Labute approximate surface area is 83.9 Å². The fourth-order valence-electron chi connectivity index (χ4n) is 1.68. The van der Waals surface area contributed by atoms with Crippen molar-refractivity contribution in [1.82, 2.24) is 4.98 Å². The van der Waals surface area contributed by atoms with Crippen molar-refractivity contribution >= 4 is 21.9 Å². The number of pyridine rings is 1. The average molecular weight is 242 g/mol. The van der Waals surface area contributed by atoms with Crippen LogP contribution in [0.4, 0.5) is 0 Å². The van der Waals surface area contributed by atoms with Crippen LogP contribution in [0.2, 0.25) is 0 Å². The van der Waals surface area contributed by atoms with Gasteiger partial charge in [-0.05, 0) is 40.4 Å². The first kappa shape index (κ1) is 8.69. The van der Waals surface area contributed by atoms with E-state index in [1.54, 1.807) is 6.20 Å². The SMILES string of the molecule is O=C(O)C1CCc2cc(Br)cnc21. The Morgan fingerprint density at radius 3 is 3.15 bits per heavy atom. The zero-order valence-corrected chi connectivity index (χ0v) is 8.41. The third-order valence-corrected chi connectivity index (χ3v) is 2.73. The van der Waals surface area contributed by atoms with Crippen molar-refractivity contribution < 1.29 is 9.90 Å². The predicted octanol–water partition coefficient (Wildman–Crippen LogP) is 1.96. The van der Waals surface area contributed by atoms with Crippen LogP contribution in [0.5, 0.6) is 0 Å². The van der Waals surface area contributed by atoms with Crippen LogP contribution in [0.25, 0.3) is 0 Å². The minimum absolute atomic E-state index is 0.400. The molecule has 1 heterocycles. The molecule has 0 amide bonds. The molecule has 1 unspecified atom stereocenters. The second-order valence-corrected chi connectivity index (χ2v) is 4.04. The largest absolute Gasteiger partial charge is 0.481 e. The van der Waals surface area contributed by atoms with E-state index in [9.17, 15) is 4.79 Å². The maximum Gasteiger partial charge on any atom is 0.312 e. The second-order valence-electron chi connectivity index (χ2n) is 3.13. The number of rotatable bonds is 1. The van der Waals surface area contributed by atoms with E-state index in [0.717, 1.165) is 22.2 Å². The molecule has 1 aromatic heterocycles. The predicted molar refractivity (Wildman–Crippen MR) is 50.6 cm³/mol. The Morgan fingerprint density at radius 1 is 1.69 bits per heavy atom. The standard InChI is InChI=1S/C9H8BrNO2/c10-6-3-5-1-2-7(9(12)13)8(5)11-4-6/h3-4,7H,1-2H2,(H,12,13). The zero-order chi connectivity index (χ0) is 9.42. The minimum Gasteiger partial charge on any atom is -0.481 e. The molecule has 0 saturated carbocycles. The first-order chi connectivity index (χ1) is 6.18. The molecule has 0 spiro atoms. The monoisotopic (exact) mass is 241 g/mol. The van der Waals surface area contributed by atoms with Crippen LogP contribution in [0.3, 0.4) is 0 Å². The van der Waals surface area contributed by atoms with E-state index in [0.29, 0.717) is 6.42 Å². The van der Waals surface area contributed by atoms with E-state index in [1.807, 2.05) is 6.07 Å². The molecule has 0 aliphatic heterocycles. The van der Waals surface area contributed by atoms with Gasteiger partial charge in [0.25, 0.3) is 0 Å². The van der Waals surface area contributed by atoms with Gasteiger partial charge in [0.15, 0.2) is 0 Å². The lowest BCUT2D eigenvalue weighted by molar-refractivity contribution is -0.138. The molecule has 0 aromatic carbocycles. The molecule has 4 heteroatoms. The van der Waals surface area contributed by atoms with E-state index in [2.05, 4.69) is 20.9 Å². The fourth-order valence-corrected chi connectivity index (χ4v) is 2.06. The third-order valence-electron chi connectivity index (χ3n) is 2.30. The van der Waals surface area contributed by atoms with E-state index < -0.39 is 11.9 Å². The average Bonchev–Trinajstić information content (AvgIpc) is 2.46. The van der Waals surface area contributed by atoms with Crippen molar-refractivity contribution in [3.8, 4) is 0 Å². The van der Waals surface area contributed by atoms with E-state index in [4.69, 9.17) is 5.11 Å². The van der Waals surface area contributed by atoms with Crippen molar-refractivity contribution in [1.29, 1.82) is 0 Å². The zero-order valence-electron chi connectivity index (χ0n) is 6.83. The van der Waals surface area contributed by atoms with Crippen molar-refractivity contribution in [3.63, 3.8) is 0 Å². The summed E-state index contributed by atoms with van der Waals surface area (Å²) in [5.74, 6) is -1.17. The maximum absolute atomic E-state index is 10.8. The second kappa shape index (κ2) is 3.10. The summed E-state index contributed by atoms with van der Waals surface area (Å²) < 4.78 is 0.914. The molecule has 0 radical (unpaired) electrons. The Balaban J connectivity index is 2.44. The van der Waals surface area contributed by atoms with Gasteiger partial charge in [0.1, 0.15) is 0 Å². The topological polar surface area (TPSA) is 50.2 Å². The highest BCUT2D eigenvalue weighted by atomic mass is 79.9. The van der Waals surface area contributed by atoms with E-state index in [-0.39, 0.29) is 0 Å². The molecule has 1 aliphatic rings. The highest BCUT2D eigenvalue weighted by molar-refractivity contribution is 9.10. The number of hydrogen-bond acceptors (Lipinski definition) is 2. The highest BCUT2D eigenvalue weighted by Crippen LogP contribution is 2.32. The molecule has 68 valence electrons.